The topological polar surface area (TPSA) is 62.7 Å². The van der Waals surface area contributed by atoms with Crippen molar-refractivity contribution in [3.05, 3.63) is 64.1 Å². The van der Waals surface area contributed by atoms with Crippen molar-refractivity contribution in [2.45, 2.75) is 13.8 Å². The molecular formula is C17H13ClF3N5. The van der Waals surface area contributed by atoms with E-state index in [1.165, 1.54) is 6.20 Å². The molecule has 0 spiro atoms. The van der Waals surface area contributed by atoms with E-state index < -0.39 is 17.5 Å². The molecule has 0 aliphatic rings. The van der Waals surface area contributed by atoms with E-state index in [0.29, 0.717) is 16.5 Å². The number of nitrogens with zero attached hydrogens (tertiary/aromatic N) is 3. The van der Waals surface area contributed by atoms with E-state index in [-0.39, 0.29) is 11.6 Å². The zero-order chi connectivity index (χ0) is 18.8. The Balaban J connectivity index is 1.87. The first-order chi connectivity index (χ1) is 12.3. The van der Waals surface area contributed by atoms with Gasteiger partial charge in [0.1, 0.15) is 0 Å². The van der Waals surface area contributed by atoms with Crippen LogP contribution in [0.5, 0.6) is 0 Å². The van der Waals surface area contributed by atoms with Gasteiger partial charge in [0.25, 0.3) is 0 Å². The Bertz CT molecular complexity index is 958. The summed E-state index contributed by atoms with van der Waals surface area (Å²) in [6.45, 7) is 3.80. The first-order valence-corrected chi connectivity index (χ1v) is 7.87. The minimum atomic E-state index is -1.58. The third kappa shape index (κ3) is 3.70. The summed E-state index contributed by atoms with van der Waals surface area (Å²) in [5, 5.41) is 13.4. The summed E-state index contributed by atoms with van der Waals surface area (Å²) >= 11 is 6.24. The second-order valence-corrected chi connectivity index (χ2v) is 5.98. The van der Waals surface area contributed by atoms with Crippen LogP contribution in [0.1, 0.15) is 11.1 Å². The lowest BCUT2D eigenvalue weighted by Gasteiger charge is -2.12. The van der Waals surface area contributed by atoms with Crippen molar-refractivity contribution in [1.82, 2.24) is 15.2 Å². The van der Waals surface area contributed by atoms with Crippen LogP contribution >= 0.6 is 11.6 Å². The van der Waals surface area contributed by atoms with Crippen molar-refractivity contribution in [3.63, 3.8) is 0 Å². The standard InChI is InChI=1S/C17H13ClF3N5/c1-8-5-9(2)16(10(18)6-8)24-13-7-22-26-17(25-13)23-12-4-3-11(19)14(20)15(12)21/h3-7H,1-2H3,(H2,23,24,25,26). The fourth-order valence-electron chi connectivity index (χ4n) is 2.36. The Kier molecular flexibility index (Phi) is 4.94. The molecule has 1 aromatic heterocycles. The van der Waals surface area contributed by atoms with E-state index in [2.05, 4.69) is 25.8 Å². The van der Waals surface area contributed by atoms with Gasteiger partial charge >= 0.3 is 0 Å². The molecule has 0 bridgehead atoms. The van der Waals surface area contributed by atoms with Gasteiger partial charge in [0.05, 0.1) is 22.6 Å². The highest BCUT2D eigenvalue weighted by atomic mass is 35.5. The molecule has 0 atom stereocenters. The monoisotopic (exact) mass is 379 g/mol. The van der Waals surface area contributed by atoms with Crippen molar-refractivity contribution >= 4 is 34.7 Å². The molecule has 0 fully saturated rings. The van der Waals surface area contributed by atoms with Crippen molar-refractivity contribution in [1.29, 1.82) is 0 Å². The molecule has 5 nitrogen and oxygen atoms in total. The van der Waals surface area contributed by atoms with E-state index in [1.807, 2.05) is 19.9 Å². The maximum atomic E-state index is 13.8. The Morgan fingerprint density at radius 2 is 1.77 bits per heavy atom. The fourth-order valence-corrected chi connectivity index (χ4v) is 2.73. The summed E-state index contributed by atoms with van der Waals surface area (Å²) in [5.41, 5.74) is 2.24. The molecule has 3 aromatic rings. The van der Waals surface area contributed by atoms with Crippen LogP contribution in [0.4, 0.5) is 36.3 Å². The highest BCUT2D eigenvalue weighted by molar-refractivity contribution is 6.33. The maximum absolute atomic E-state index is 13.8. The van der Waals surface area contributed by atoms with Crippen molar-refractivity contribution in [2.75, 3.05) is 10.6 Å². The number of aryl methyl sites for hydroxylation is 2. The molecule has 0 amide bonds. The number of hydrogen-bond acceptors (Lipinski definition) is 5. The lowest BCUT2D eigenvalue weighted by Crippen LogP contribution is -2.05. The lowest BCUT2D eigenvalue weighted by molar-refractivity contribution is 0.449. The molecule has 134 valence electrons. The van der Waals surface area contributed by atoms with Crippen LogP contribution in [0, 0.1) is 31.3 Å². The molecule has 3 rings (SSSR count). The minimum absolute atomic E-state index is 0.0965. The predicted octanol–water partition coefficient (Wildman–Crippen LogP) is 5.05. The van der Waals surface area contributed by atoms with Crippen LogP contribution in [0.25, 0.3) is 0 Å². The maximum Gasteiger partial charge on any atom is 0.249 e. The van der Waals surface area contributed by atoms with Gasteiger partial charge in [-0.2, -0.15) is 10.1 Å². The van der Waals surface area contributed by atoms with Crippen LogP contribution in [0.15, 0.2) is 30.5 Å². The van der Waals surface area contributed by atoms with Crippen molar-refractivity contribution < 1.29 is 13.2 Å². The summed E-state index contributed by atoms with van der Waals surface area (Å²) < 4.78 is 40.1. The lowest BCUT2D eigenvalue weighted by atomic mass is 10.1. The fraction of sp³-hybridized carbons (Fsp3) is 0.118. The van der Waals surface area contributed by atoms with E-state index in [0.717, 1.165) is 23.3 Å². The number of anilines is 4. The Morgan fingerprint density at radius 3 is 2.50 bits per heavy atom. The average molecular weight is 380 g/mol. The van der Waals surface area contributed by atoms with Gasteiger partial charge < -0.3 is 10.6 Å². The van der Waals surface area contributed by atoms with Gasteiger partial charge in [-0.05, 0) is 43.2 Å². The van der Waals surface area contributed by atoms with Gasteiger partial charge in [0.15, 0.2) is 23.3 Å². The normalized spacial score (nSPS) is 10.7. The van der Waals surface area contributed by atoms with Crippen LogP contribution in [0.3, 0.4) is 0 Å². The van der Waals surface area contributed by atoms with Gasteiger partial charge in [-0.25, -0.2) is 13.2 Å². The second kappa shape index (κ2) is 7.17. The van der Waals surface area contributed by atoms with E-state index in [4.69, 9.17) is 11.6 Å². The smallest absolute Gasteiger partial charge is 0.249 e. The van der Waals surface area contributed by atoms with Crippen LogP contribution < -0.4 is 10.6 Å². The van der Waals surface area contributed by atoms with Gasteiger partial charge in [0, 0.05) is 0 Å². The van der Waals surface area contributed by atoms with Crippen LogP contribution in [-0.4, -0.2) is 15.2 Å². The number of nitrogens with one attached hydrogen (secondary N) is 2. The Labute approximate surface area is 152 Å². The largest absolute Gasteiger partial charge is 0.337 e. The number of hydrogen-bond donors (Lipinski definition) is 2. The van der Waals surface area contributed by atoms with Crippen molar-refractivity contribution in [3.8, 4) is 0 Å². The molecule has 0 saturated heterocycles. The summed E-state index contributed by atoms with van der Waals surface area (Å²) in [6, 6.07) is 5.57. The number of halogens is 4. The summed E-state index contributed by atoms with van der Waals surface area (Å²) in [6.07, 6.45) is 1.35. The minimum Gasteiger partial charge on any atom is -0.337 e. The van der Waals surface area contributed by atoms with Crippen LogP contribution in [-0.2, 0) is 0 Å². The molecule has 0 saturated carbocycles. The van der Waals surface area contributed by atoms with Gasteiger partial charge in [0.2, 0.25) is 5.95 Å². The first kappa shape index (κ1) is 17.9. The molecule has 9 heteroatoms. The van der Waals surface area contributed by atoms with E-state index in [9.17, 15) is 13.2 Å². The SMILES string of the molecule is Cc1cc(C)c(Nc2cnnc(Nc3ccc(F)c(F)c3F)n2)c(Cl)c1. The summed E-state index contributed by atoms with van der Waals surface area (Å²) in [7, 11) is 0. The van der Waals surface area contributed by atoms with Gasteiger partial charge in [-0.1, -0.05) is 17.7 Å². The highest BCUT2D eigenvalue weighted by Gasteiger charge is 2.15. The average Bonchev–Trinajstić information content (AvgIpc) is 2.59. The molecule has 0 unspecified atom stereocenters. The molecule has 26 heavy (non-hydrogen) atoms. The molecule has 0 aliphatic carbocycles. The number of rotatable bonds is 4. The predicted molar refractivity (Wildman–Crippen MR) is 93.6 cm³/mol. The molecule has 2 N–H and O–H groups in total. The molecule has 0 radical (unpaired) electrons. The third-order valence-corrected chi connectivity index (χ3v) is 3.82. The number of aromatic nitrogens is 3. The van der Waals surface area contributed by atoms with Gasteiger partial charge in [-0.15, -0.1) is 5.10 Å². The quantitative estimate of drug-likeness (QED) is 0.621. The first-order valence-electron chi connectivity index (χ1n) is 7.49. The highest BCUT2D eigenvalue weighted by Crippen LogP contribution is 2.30. The summed E-state index contributed by atoms with van der Waals surface area (Å²) in [4.78, 5) is 4.12. The molecule has 0 aliphatic heterocycles. The Morgan fingerprint density at radius 1 is 1.00 bits per heavy atom. The van der Waals surface area contributed by atoms with Gasteiger partial charge in [-0.3, -0.25) is 0 Å². The molecular weight excluding hydrogens is 367 g/mol. The molecule has 2 aromatic carbocycles. The van der Waals surface area contributed by atoms with Crippen molar-refractivity contribution in [2.24, 2.45) is 0 Å². The number of benzene rings is 2. The molecule has 1 heterocycles. The van der Waals surface area contributed by atoms with E-state index >= 15 is 0 Å². The zero-order valence-corrected chi connectivity index (χ0v) is 14.5. The summed E-state index contributed by atoms with van der Waals surface area (Å²) in [5.74, 6) is -4.05. The second-order valence-electron chi connectivity index (χ2n) is 5.58. The third-order valence-electron chi connectivity index (χ3n) is 3.53. The zero-order valence-electron chi connectivity index (χ0n) is 13.7. The van der Waals surface area contributed by atoms with Crippen LogP contribution in [0.2, 0.25) is 5.02 Å². The Hall–Kier alpha value is -2.87. The van der Waals surface area contributed by atoms with E-state index in [1.54, 1.807) is 6.07 Å².